The highest BCUT2D eigenvalue weighted by Crippen LogP contribution is 2.21. The zero-order valence-corrected chi connectivity index (χ0v) is 12.5. The molecular weight excluding hydrogens is 278 g/mol. The van der Waals surface area contributed by atoms with Crippen LogP contribution in [0.25, 0.3) is 0 Å². The molecule has 0 radical (unpaired) electrons. The number of carbonyl (C=O) groups is 3. The van der Waals surface area contributed by atoms with Gasteiger partial charge in [0, 0.05) is 32.5 Å². The Morgan fingerprint density at radius 2 is 1.90 bits per heavy atom. The molecule has 4 unspecified atom stereocenters. The van der Waals surface area contributed by atoms with Gasteiger partial charge in [-0.2, -0.15) is 0 Å². The fourth-order valence-corrected chi connectivity index (χ4v) is 2.44. The molecule has 0 bridgehead atoms. The zero-order valence-electron chi connectivity index (χ0n) is 12.5. The number of carbonyl (C=O) groups excluding carboxylic acids is 2. The molecular formula is C13H23N3O5. The fraction of sp³-hybridized carbons (Fsp3) is 0.769. The van der Waals surface area contributed by atoms with Crippen LogP contribution >= 0.6 is 0 Å². The predicted molar refractivity (Wildman–Crippen MR) is 74.4 cm³/mol. The molecule has 1 heterocycles. The second-order valence-corrected chi connectivity index (χ2v) is 5.02. The van der Waals surface area contributed by atoms with Crippen molar-refractivity contribution in [1.82, 2.24) is 10.2 Å². The number of ether oxygens (including phenoxy) is 1. The Morgan fingerprint density at radius 1 is 1.33 bits per heavy atom. The molecule has 0 aromatic carbocycles. The minimum absolute atomic E-state index is 0.0440. The van der Waals surface area contributed by atoms with E-state index in [4.69, 9.17) is 15.6 Å². The quantitative estimate of drug-likeness (QED) is 0.594. The van der Waals surface area contributed by atoms with E-state index in [-0.39, 0.29) is 18.2 Å². The van der Waals surface area contributed by atoms with Crippen LogP contribution in [0.15, 0.2) is 0 Å². The van der Waals surface area contributed by atoms with Crippen molar-refractivity contribution in [3.05, 3.63) is 0 Å². The van der Waals surface area contributed by atoms with Crippen molar-refractivity contribution < 1.29 is 24.2 Å². The highest BCUT2D eigenvalue weighted by atomic mass is 16.5. The number of aliphatic carboxylic acids is 1. The molecule has 1 fully saturated rings. The highest BCUT2D eigenvalue weighted by molar-refractivity contribution is 5.84. The Labute approximate surface area is 123 Å². The van der Waals surface area contributed by atoms with Crippen molar-refractivity contribution >= 4 is 17.8 Å². The van der Waals surface area contributed by atoms with Crippen LogP contribution in [0.1, 0.15) is 27.2 Å². The van der Waals surface area contributed by atoms with Gasteiger partial charge < -0.3 is 25.8 Å². The van der Waals surface area contributed by atoms with E-state index in [2.05, 4.69) is 5.32 Å². The van der Waals surface area contributed by atoms with Crippen molar-refractivity contribution in [2.45, 2.75) is 51.5 Å². The van der Waals surface area contributed by atoms with Gasteiger partial charge in [-0.25, -0.2) is 4.79 Å². The predicted octanol–water partition coefficient (Wildman–Crippen LogP) is -1.07. The van der Waals surface area contributed by atoms with Crippen molar-refractivity contribution in [2.75, 3.05) is 13.1 Å². The van der Waals surface area contributed by atoms with Gasteiger partial charge >= 0.3 is 5.97 Å². The lowest BCUT2D eigenvalue weighted by Crippen LogP contribution is -2.65. The monoisotopic (exact) mass is 301 g/mol. The maximum atomic E-state index is 12.5. The summed E-state index contributed by atoms with van der Waals surface area (Å²) in [4.78, 5) is 36.4. The van der Waals surface area contributed by atoms with E-state index in [1.807, 2.05) is 13.8 Å². The summed E-state index contributed by atoms with van der Waals surface area (Å²) in [7, 11) is 0. The van der Waals surface area contributed by atoms with Crippen molar-refractivity contribution in [1.29, 1.82) is 0 Å². The molecule has 0 aromatic heterocycles. The van der Waals surface area contributed by atoms with Crippen molar-refractivity contribution in [2.24, 2.45) is 5.73 Å². The first kappa shape index (κ1) is 17.4. The van der Waals surface area contributed by atoms with Gasteiger partial charge in [0.15, 0.2) is 12.2 Å². The molecule has 4 N–H and O–H groups in total. The summed E-state index contributed by atoms with van der Waals surface area (Å²) >= 11 is 0. The van der Waals surface area contributed by atoms with Gasteiger partial charge in [0.25, 0.3) is 5.91 Å². The van der Waals surface area contributed by atoms with Crippen LogP contribution < -0.4 is 11.1 Å². The smallest absolute Gasteiger partial charge is 0.332 e. The summed E-state index contributed by atoms with van der Waals surface area (Å²) < 4.78 is 5.39. The Morgan fingerprint density at radius 3 is 2.33 bits per heavy atom. The number of nitrogens with two attached hydrogens (primary N) is 1. The molecule has 0 saturated carbocycles. The van der Waals surface area contributed by atoms with Gasteiger partial charge in [-0.05, 0) is 13.8 Å². The number of nitrogens with zero attached hydrogens (tertiary/aromatic N) is 1. The number of nitrogens with one attached hydrogen (secondary N) is 1. The van der Waals surface area contributed by atoms with Crippen LogP contribution in [-0.2, 0) is 19.1 Å². The third-order valence-electron chi connectivity index (χ3n) is 3.55. The molecule has 8 heteroatoms. The summed E-state index contributed by atoms with van der Waals surface area (Å²) in [5, 5.41) is 11.7. The van der Waals surface area contributed by atoms with Gasteiger partial charge in [0.1, 0.15) is 0 Å². The number of hydrogen-bond donors (Lipinski definition) is 3. The van der Waals surface area contributed by atoms with Crippen LogP contribution in [0.2, 0.25) is 0 Å². The molecule has 0 aliphatic carbocycles. The fourth-order valence-electron chi connectivity index (χ4n) is 2.44. The molecule has 0 spiro atoms. The largest absolute Gasteiger partial charge is 0.479 e. The summed E-state index contributed by atoms with van der Waals surface area (Å²) in [6.07, 6.45) is -2.18. The lowest BCUT2D eigenvalue weighted by atomic mass is 9.92. The lowest BCUT2D eigenvalue weighted by molar-refractivity contribution is -0.172. The molecule has 0 aromatic rings. The van der Waals surface area contributed by atoms with Gasteiger partial charge in [-0.3, -0.25) is 9.59 Å². The normalized spacial score (nSPS) is 28.8. The summed E-state index contributed by atoms with van der Waals surface area (Å²) in [6, 6.07) is -1.39. The first-order valence-corrected chi connectivity index (χ1v) is 7.01. The maximum Gasteiger partial charge on any atom is 0.332 e. The Balaban J connectivity index is 3.01. The Hall–Kier alpha value is -1.67. The standard InChI is InChI=1S/C13H23N3O5/c1-4-16(5-2)12(18)11-10(15-7(3)17)8(14)6-9(21-11)13(19)20/h8-11H,4-6,14H2,1-3H3,(H,15,17)(H,19,20). The van der Waals surface area contributed by atoms with Crippen LogP contribution in [-0.4, -0.2) is 65.2 Å². The van der Waals surface area contributed by atoms with Gasteiger partial charge in [-0.1, -0.05) is 0 Å². The second-order valence-electron chi connectivity index (χ2n) is 5.02. The van der Waals surface area contributed by atoms with Crippen molar-refractivity contribution in [3.63, 3.8) is 0 Å². The van der Waals surface area contributed by atoms with E-state index >= 15 is 0 Å². The third-order valence-corrected chi connectivity index (χ3v) is 3.55. The molecule has 2 amide bonds. The summed E-state index contributed by atoms with van der Waals surface area (Å²) in [5.41, 5.74) is 5.94. The molecule has 1 aliphatic heterocycles. The minimum Gasteiger partial charge on any atom is -0.479 e. The van der Waals surface area contributed by atoms with Crippen LogP contribution in [0, 0.1) is 0 Å². The zero-order chi connectivity index (χ0) is 16.2. The number of hydrogen-bond acceptors (Lipinski definition) is 5. The molecule has 1 aliphatic rings. The lowest BCUT2D eigenvalue weighted by Gasteiger charge is -2.40. The van der Waals surface area contributed by atoms with Gasteiger partial charge in [-0.15, -0.1) is 0 Å². The third kappa shape index (κ3) is 4.15. The van der Waals surface area contributed by atoms with Gasteiger partial charge in [0.05, 0.1) is 6.04 Å². The van der Waals surface area contributed by atoms with E-state index in [9.17, 15) is 14.4 Å². The number of likely N-dealkylation sites (N-methyl/N-ethyl adjacent to an activating group) is 1. The van der Waals surface area contributed by atoms with E-state index in [1.54, 1.807) is 0 Å². The molecule has 4 atom stereocenters. The molecule has 1 rings (SSSR count). The molecule has 21 heavy (non-hydrogen) atoms. The molecule has 1 saturated heterocycles. The van der Waals surface area contributed by atoms with E-state index < -0.39 is 30.3 Å². The molecule has 120 valence electrons. The minimum atomic E-state index is -1.16. The Kier molecular flexibility index (Phi) is 6.10. The summed E-state index contributed by atoms with van der Waals surface area (Å²) in [5.74, 6) is -1.87. The van der Waals surface area contributed by atoms with E-state index in [1.165, 1.54) is 11.8 Å². The average molecular weight is 301 g/mol. The summed E-state index contributed by atoms with van der Waals surface area (Å²) in [6.45, 7) is 5.87. The first-order valence-electron chi connectivity index (χ1n) is 7.01. The van der Waals surface area contributed by atoms with Crippen LogP contribution in [0.4, 0.5) is 0 Å². The topological polar surface area (TPSA) is 122 Å². The molecule has 8 nitrogen and oxygen atoms in total. The van der Waals surface area contributed by atoms with E-state index in [0.717, 1.165) is 0 Å². The number of carboxylic acid groups (broad SMARTS) is 1. The average Bonchev–Trinajstić information content (AvgIpc) is 2.41. The van der Waals surface area contributed by atoms with Crippen LogP contribution in [0.5, 0.6) is 0 Å². The Bertz CT molecular complexity index is 411. The number of carboxylic acids is 1. The SMILES string of the molecule is CCN(CC)C(=O)C1OC(C(=O)O)CC(N)C1NC(C)=O. The highest BCUT2D eigenvalue weighted by Gasteiger charge is 2.44. The first-order chi connectivity index (χ1) is 9.81. The van der Waals surface area contributed by atoms with E-state index in [0.29, 0.717) is 13.1 Å². The second kappa shape index (κ2) is 7.37. The van der Waals surface area contributed by atoms with Gasteiger partial charge in [0.2, 0.25) is 5.91 Å². The van der Waals surface area contributed by atoms with Crippen LogP contribution in [0.3, 0.4) is 0 Å². The maximum absolute atomic E-state index is 12.5. The van der Waals surface area contributed by atoms with Crippen molar-refractivity contribution in [3.8, 4) is 0 Å². The number of rotatable bonds is 5. The number of amides is 2.